The zero-order valence-corrected chi connectivity index (χ0v) is 13.3. The van der Waals surface area contributed by atoms with Gasteiger partial charge in [0.1, 0.15) is 5.82 Å². The highest BCUT2D eigenvalue weighted by molar-refractivity contribution is 8.00. The molecule has 0 atom stereocenters. The van der Waals surface area contributed by atoms with Gasteiger partial charge in [-0.05, 0) is 18.2 Å². The minimum atomic E-state index is -0.156. The number of benzene rings is 1. The van der Waals surface area contributed by atoms with E-state index in [4.69, 9.17) is 11.6 Å². The Morgan fingerprint density at radius 3 is 3.14 bits per heavy atom. The maximum absolute atomic E-state index is 10.9. The molecular formula is C12H10ClN5OS2. The third-order valence-electron chi connectivity index (χ3n) is 2.51. The van der Waals surface area contributed by atoms with Crippen molar-refractivity contribution >= 4 is 56.8 Å². The number of nitrogens with zero attached hydrogens (tertiary/aromatic N) is 3. The molecule has 2 heterocycles. The summed E-state index contributed by atoms with van der Waals surface area (Å²) in [5.41, 5.74) is 1.79. The number of aromatic nitrogens is 4. The summed E-state index contributed by atoms with van der Waals surface area (Å²) in [5, 5.41) is 11.7. The first-order chi connectivity index (χ1) is 10.1. The van der Waals surface area contributed by atoms with Gasteiger partial charge in [-0.15, -0.1) is 10.2 Å². The van der Waals surface area contributed by atoms with Gasteiger partial charge in [-0.25, -0.2) is 4.98 Å². The summed E-state index contributed by atoms with van der Waals surface area (Å²) in [6.07, 6.45) is 0. The average molecular weight is 340 g/mol. The Morgan fingerprint density at radius 2 is 2.33 bits per heavy atom. The summed E-state index contributed by atoms with van der Waals surface area (Å²) in [4.78, 5) is 18.6. The molecule has 0 aliphatic heterocycles. The van der Waals surface area contributed by atoms with Gasteiger partial charge in [0.25, 0.3) is 0 Å². The SMILES string of the molecule is CC(=O)Nc1nnc(SCc2nc3ccc(Cl)cc3[nH]2)s1. The van der Waals surface area contributed by atoms with E-state index >= 15 is 0 Å². The fraction of sp³-hybridized carbons (Fsp3) is 0.167. The molecule has 0 saturated carbocycles. The van der Waals surface area contributed by atoms with Crippen molar-refractivity contribution in [2.24, 2.45) is 0 Å². The fourth-order valence-electron chi connectivity index (χ4n) is 1.70. The summed E-state index contributed by atoms with van der Waals surface area (Å²) < 4.78 is 0.775. The Kier molecular flexibility index (Phi) is 4.09. The van der Waals surface area contributed by atoms with Crippen LogP contribution in [0.4, 0.5) is 5.13 Å². The van der Waals surface area contributed by atoms with Crippen LogP contribution in [0.25, 0.3) is 11.0 Å². The third-order valence-corrected chi connectivity index (χ3v) is 4.73. The quantitative estimate of drug-likeness (QED) is 0.562. The van der Waals surface area contributed by atoms with Gasteiger partial charge in [0.05, 0.1) is 16.8 Å². The van der Waals surface area contributed by atoms with Gasteiger partial charge >= 0.3 is 0 Å². The van der Waals surface area contributed by atoms with Gasteiger partial charge in [0, 0.05) is 11.9 Å². The van der Waals surface area contributed by atoms with E-state index < -0.39 is 0 Å². The van der Waals surface area contributed by atoms with E-state index in [0.717, 1.165) is 21.2 Å². The normalized spacial score (nSPS) is 11.0. The van der Waals surface area contributed by atoms with Crippen LogP contribution >= 0.6 is 34.7 Å². The van der Waals surface area contributed by atoms with Gasteiger partial charge in [0.15, 0.2) is 4.34 Å². The average Bonchev–Trinajstić information content (AvgIpc) is 3.01. The lowest BCUT2D eigenvalue weighted by atomic mass is 10.3. The van der Waals surface area contributed by atoms with Crippen LogP contribution in [0.1, 0.15) is 12.7 Å². The number of aromatic amines is 1. The van der Waals surface area contributed by atoms with Gasteiger partial charge < -0.3 is 10.3 Å². The van der Waals surface area contributed by atoms with Crippen LogP contribution < -0.4 is 5.32 Å². The number of imidazole rings is 1. The maximum atomic E-state index is 10.9. The van der Waals surface area contributed by atoms with Crippen molar-refractivity contribution in [1.29, 1.82) is 0 Å². The highest BCUT2D eigenvalue weighted by Gasteiger charge is 2.08. The summed E-state index contributed by atoms with van der Waals surface area (Å²) in [7, 11) is 0. The number of fused-ring (bicyclic) bond motifs is 1. The third kappa shape index (κ3) is 3.52. The van der Waals surface area contributed by atoms with Crippen LogP contribution in [0.2, 0.25) is 5.02 Å². The van der Waals surface area contributed by atoms with E-state index in [0.29, 0.717) is 15.9 Å². The van der Waals surface area contributed by atoms with E-state index in [2.05, 4.69) is 25.5 Å². The topological polar surface area (TPSA) is 83.6 Å². The second-order valence-electron chi connectivity index (χ2n) is 4.19. The molecule has 3 rings (SSSR count). The molecule has 108 valence electrons. The Hall–Kier alpha value is -1.64. The second-order valence-corrected chi connectivity index (χ2v) is 6.82. The molecule has 0 saturated heterocycles. The molecule has 0 bridgehead atoms. The van der Waals surface area contributed by atoms with E-state index in [-0.39, 0.29) is 5.91 Å². The molecule has 0 spiro atoms. The van der Waals surface area contributed by atoms with Crippen molar-refractivity contribution in [2.45, 2.75) is 17.0 Å². The number of nitrogens with one attached hydrogen (secondary N) is 2. The molecule has 0 unspecified atom stereocenters. The van der Waals surface area contributed by atoms with E-state index in [1.807, 2.05) is 18.2 Å². The summed E-state index contributed by atoms with van der Waals surface area (Å²) in [5.74, 6) is 1.33. The number of amides is 1. The predicted molar refractivity (Wildman–Crippen MR) is 84.9 cm³/mol. The Morgan fingerprint density at radius 1 is 1.48 bits per heavy atom. The number of thioether (sulfide) groups is 1. The molecule has 6 nitrogen and oxygen atoms in total. The number of carbonyl (C=O) groups excluding carboxylic acids is 1. The number of carbonyl (C=O) groups is 1. The van der Waals surface area contributed by atoms with E-state index in [9.17, 15) is 4.79 Å². The number of H-pyrrole nitrogens is 1. The molecule has 3 aromatic rings. The van der Waals surface area contributed by atoms with Crippen LogP contribution in [0.15, 0.2) is 22.5 Å². The number of hydrogen-bond acceptors (Lipinski definition) is 6. The first-order valence-corrected chi connectivity index (χ1v) is 8.16. The molecule has 0 aliphatic carbocycles. The Labute approximate surface area is 133 Å². The molecule has 2 aromatic heterocycles. The predicted octanol–water partition coefficient (Wildman–Crippen LogP) is 3.32. The maximum Gasteiger partial charge on any atom is 0.223 e. The van der Waals surface area contributed by atoms with Crippen molar-refractivity contribution in [3.63, 3.8) is 0 Å². The lowest BCUT2D eigenvalue weighted by molar-refractivity contribution is -0.114. The minimum absolute atomic E-state index is 0.156. The largest absolute Gasteiger partial charge is 0.341 e. The van der Waals surface area contributed by atoms with Crippen LogP contribution in [0, 0.1) is 0 Å². The lowest BCUT2D eigenvalue weighted by Crippen LogP contribution is -2.04. The summed E-state index contributed by atoms with van der Waals surface area (Å²) in [6.45, 7) is 1.44. The molecule has 0 fully saturated rings. The molecule has 2 N–H and O–H groups in total. The molecule has 1 amide bonds. The second kappa shape index (κ2) is 6.00. The van der Waals surface area contributed by atoms with E-state index in [1.165, 1.54) is 30.0 Å². The summed E-state index contributed by atoms with van der Waals surface area (Å²) >= 11 is 8.78. The molecular weight excluding hydrogens is 330 g/mol. The van der Waals surface area contributed by atoms with Crippen molar-refractivity contribution in [1.82, 2.24) is 20.2 Å². The monoisotopic (exact) mass is 339 g/mol. The van der Waals surface area contributed by atoms with Gasteiger partial charge in [-0.1, -0.05) is 34.7 Å². The van der Waals surface area contributed by atoms with Crippen molar-refractivity contribution in [3.05, 3.63) is 29.0 Å². The Balaban J connectivity index is 1.68. The highest BCUT2D eigenvalue weighted by Crippen LogP contribution is 2.28. The summed E-state index contributed by atoms with van der Waals surface area (Å²) in [6, 6.07) is 5.53. The number of anilines is 1. The first kappa shape index (κ1) is 14.3. The zero-order valence-electron chi connectivity index (χ0n) is 10.9. The van der Waals surface area contributed by atoms with Crippen LogP contribution in [-0.4, -0.2) is 26.1 Å². The van der Waals surface area contributed by atoms with Gasteiger partial charge in [0.2, 0.25) is 11.0 Å². The molecule has 9 heteroatoms. The molecule has 0 aliphatic rings. The number of halogens is 1. The van der Waals surface area contributed by atoms with Crippen LogP contribution in [0.5, 0.6) is 0 Å². The van der Waals surface area contributed by atoms with Crippen molar-refractivity contribution in [2.75, 3.05) is 5.32 Å². The number of hydrogen-bond donors (Lipinski definition) is 2. The first-order valence-electron chi connectivity index (χ1n) is 5.98. The highest BCUT2D eigenvalue weighted by atomic mass is 35.5. The lowest BCUT2D eigenvalue weighted by Gasteiger charge is -1.92. The van der Waals surface area contributed by atoms with Gasteiger partial charge in [-0.2, -0.15) is 0 Å². The minimum Gasteiger partial charge on any atom is -0.341 e. The number of rotatable bonds is 4. The molecule has 21 heavy (non-hydrogen) atoms. The smallest absolute Gasteiger partial charge is 0.223 e. The van der Waals surface area contributed by atoms with E-state index in [1.54, 1.807) is 0 Å². The van der Waals surface area contributed by atoms with Crippen LogP contribution in [0.3, 0.4) is 0 Å². The van der Waals surface area contributed by atoms with Crippen LogP contribution in [-0.2, 0) is 10.5 Å². The molecule has 0 radical (unpaired) electrons. The standard InChI is InChI=1S/C12H10ClN5OS2/c1-6(19)14-11-17-18-12(21-11)20-5-10-15-8-3-2-7(13)4-9(8)16-10/h2-4H,5H2,1H3,(H,15,16)(H,14,17,19). The Bertz CT molecular complexity index is 800. The van der Waals surface area contributed by atoms with Crippen molar-refractivity contribution in [3.8, 4) is 0 Å². The molecule has 1 aromatic carbocycles. The van der Waals surface area contributed by atoms with Gasteiger partial charge in [-0.3, -0.25) is 4.79 Å². The van der Waals surface area contributed by atoms with Crippen molar-refractivity contribution < 1.29 is 4.79 Å². The zero-order chi connectivity index (χ0) is 14.8. The fourth-order valence-corrected chi connectivity index (χ4v) is 3.54.